The van der Waals surface area contributed by atoms with E-state index in [0.29, 0.717) is 6.54 Å². The Labute approximate surface area is 162 Å². The molecule has 0 spiro atoms. The van der Waals surface area contributed by atoms with Crippen molar-refractivity contribution in [2.45, 2.75) is 39.2 Å². The number of amides is 1. The van der Waals surface area contributed by atoms with Gasteiger partial charge in [-0.15, -0.1) is 0 Å². The van der Waals surface area contributed by atoms with Crippen LogP contribution < -0.4 is 10.1 Å². The minimum Gasteiger partial charge on any atom is -0.491 e. The van der Waals surface area contributed by atoms with Crippen LogP contribution in [-0.2, 0) is 11.2 Å². The van der Waals surface area contributed by atoms with Crippen molar-refractivity contribution in [3.8, 4) is 5.75 Å². The van der Waals surface area contributed by atoms with E-state index in [0.717, 1.165) is 49.7 Å². The van der Waals surface area contributed by atoms with Gasteiger partial charge in [0.2, 0.25) is 5.91 Å². The molecule has 2 aromatic carbocycles. The molecule has 1 fully saturated rings. The molecule has 27 heavy (non-hydrogen) atoms. The highest BCUT2D eigenvalue weighted by Gasteiger charge is 2.21. The van der Waals surface area contributed by atoms with Gasteiger partial charge in [-0.25, -0.2) is 0 Å². The Bertz CT molecular complexity index is 705. The van der Waals surface area contributed by atoms with E-state index in [1.165, 1.54) is 5.56 Å². The molecule has 144 valence electrons. The molecule has 1 amide bonds. The van der Waals surface area contributed by atoms with Gasteiger partial charge in [-0.2, -0.15) is 0 Å². The molecule has 0 unspecified atom stereocenters. The third-order valence-electron chi connectivity index (χ3n) is 4.95. The van der Waals surface area contributed by atoms with Gasteiger partial charge in [-0.3, -0.25) is 9.69 Å². The van der Waals surface area contributed by atoms with Gasteiger partial charge in [0, 0.05) is 5.69 Å². The van der Waals surface area contributed by atoms with Crippen LogP contribution in [0.2, 0.25) is 0 Å². The molecule has 2 aromatic rings. The normalized spacial score (nSPS) is 15.7. The average Bonchev–Trinajstić information content (AvgIpc) is 2.65. The molecule has 0 aromatic heterocycles. The number of anilines is 1. The maximum atomic E-state index is 12.3. The first-order valence-corrected chi connectivity index (χ1v) is 9.91. The maximum Gasteiger partial charge on any atom is 0.238 e. The summed E-state index contributed by atoms with van der Waals surface area (Å²) in [5, 5.41) is 2.98. The van der Waals surface area contributed by atoms with Gasteiger partial charge in [0.25, 0.3) is 0 Å². The second-order valence-electron chi connectivity index (χ2n) is 7.65. The molecule has 1 saturated heterocycles. The summed E-state index contributed by atoms with van der Waals surface area (Å²) in [6.07, 6.45) is 3.61. The topological polar surface area (TPSA) is 41.6 Å². The Morgan fingerprint density at radius 2 is 1.74 bits per heavy atom. The lowest BCUT2D eigenvalue weighted by Crippen LogP contribution is -2.39. The summed E-state index contributed by atoms with van der Waals surface area (Å²) in [7, 11) is 0. The van der Waals surface area contributed by atoms with Crippen molar-refractivity contribution >= 4 is 11.6 Å². The Balaban J connectivity index is 1.40. The van der Waals surface area contributed by atoms with Crippen LogP contribution in [0.25, 0.3) is 0 Å². The first-order valence-electron chi connectivity index (χ1n) is 9.91. The lowest BCUT2D eigenvalue weighted by molar-refractivity contribution is -0.117. The summed E-state index contributed by atoms with van der Waals surface area (Å²) in [6.45, 7) is 6.44. The zero-order valence-electron chi connectivity index (χ0n) is 16.4. The lowest BCUT2D eigenvalue weighted by atomic mass is 9.90. The number of benzene rings is 2. The van der Waals surface area contributed by atoms with Gasteiger partial charge in [0.15, 0.2) is 0 Å². The standard InChI is InChI=1S/C23H30N2O2/c1-18(2)27-22-10-8-21(9-11-22)24-23(26)17-25-14-12-20(13-15-25)16-19-6-4-3-5-7-19/h3-11,18,20H,12-17H2,1-2H3,(H,24,26). The Kier molecular flexibility index (Phi) is 6.88. The average molecular weight is 367 g/mol. The van der Waals surface area contributed by atoms with Crippen LogP contribution in [0.3, 0.4) is 0 Å². The highest BCUT2D eigenvalue weighted by Crippen LogP contribution is 2.22. The van der Waals surface area contributed by atoms with Crippen molar-refractivity contribution in [2.24, 2.45) is 5.92 Å². The molecule has 3 rings (SSSR count). The van der Waals surface area contributed by atoms with Gasteiger partial charge in [0.05, 0.1) is 12.6 Å². The van der Waals surface area contributed by atoms with Crippen LogP contribution in [0.5, 0.6) is 5.75 Å². The summed E-state index contributed by atoms with van der Waals surface area (Å²) in [5.41, 5.74) is 2.23. The highest BCUT2D eigenvalue weighted by molar-refractivity contribution is 5.92. The summed E-state index contributed by atoms with van der Waals surface area (Å²) < 4.78 is 5.63. The molecule has 0 radical (unpaired) electrons. The highest BCUT2D eigenvalue weighted by atomic mass is 16.5. The zero-order chi connectivity index (χ0) is 19.1. The number of ether oxygens (including phenoxy) is 1. The number of carbonyl (C=O) groups excluding carboxylic acids is 1. The van der Waals surface area contributed by atoms with Gasteiger partial charge in [0.1, 0.15) is 5.75 Å². The summed E-state index contributed by atoms with van der Waals surface area (Å²) in [4.78, 5) is 14.6. The molecule has 0 saturated carbocycles. The Morgan fingerprint density at radius 1 is 1.07 bits per heavy atom. The molecular formula is C23H30N2O2. The molecule has 1 aliphatic heterocycles. The smallest absolute Gasteiger partial charge is 0.238 e. The predicted octanol–water partition coefficient (Wildman–Crippen LogP) is 4.37. The number of piperidine rings is 1. The largest absolute Gasteiger partial charge is 0.491 e. The van der Waals surface area contributed by atoms with Gasteiger partial charge >= 0.3 is 0 Å². The van der Waals surface area contributed by atoms with Crippen molar-refractivity contribution in [3.63, 3.8) is 0 Å². The molecule has 0 aliphatic carbocycles. The van der Waals surface area contributed by atoms with E-state index in [2.05, 4.69) is 40.5 Å². The molecule has 0 bridgehead atoms. The first-order chi connectivity index (χ1) is 13.1. The summed E-state index contributed by atoms with van der Waals surface area (Å²) in [6, 6.07) is 18.3. The third-order valence-corrected chi connectivity index (χ3v) is 4.95. The molecule has 1 heterocycles. The van der Waals surface area contributed by atoms with Crippen LogP contribution in [0.15, 0.2) is 54.6 Å². The molecule has 4 nitrogen and oxygen atoms in total. The van der Waals surface area contributed by atoms with Crippen LogP contribution >= 0.6 is 0 Å². The van der Waals surface area contributed by atoms with Crippen LogP contribution in [0.1, 0.15) is 32.3 Å². The monoisotopic (exact) mass is 366 g/mol. The fourth-order valence-corrected chi connectivity index (χ4v) is 3.59. The summed E-state index contributed by atoms with van der Waals surface area (Å²) in [5.74, 6) is 1.60. The minimum absolute atomic E-state index is 0.0500. The number of nitrogens with zero attached hydrogens (tertiary/aromatic N) is 1. The van der Waals surface area contributed by atoms with E-state index >= 15 is 0 Å². The van der Waals surface area contributed by atoms with Gasteiger partial charge in [-0.05, 0) is 81.9 Å². The predicted molar refractivity (Wildman–Crippen MR) is 110 cm³/mol. The SMILES string of the molecule is CC(C)Oc1ccc(NC(=O)CN2CCC(Cc3ccccc3)CC2)cc1. The van der Waals surface area contributed by atoms with E-state index in [1.807, 2.05) is 38.1 Å². The molecule has 1 aliphatic rings. The van der Waals surface area contributed by atoms with Crippen molar-refractivity contribution < 1.29 is 9.53 Å². The number of nitrogens with one attached hydrogen (secondary N) is 1. The second kappa shape index (κ2) is 9.56. The lowest BCUT2D eigenvalue weighted by Gasteiger charge is -2.31. The van der Waals surface area contributed by atoms with Crippen LogP contribution in [0, 0.1) is 5.92 Å². The number of hydrogen-bond donors (Lipinski definition) is 1. The van der Waals surface area contributed by atoms with E-state index < -0.39 is 0 Å². The van der Waals surface area contributed by atoms with E-state index in [-0.39, 0.29) is 12.0 Å². The third kappa shape index (κ3) is 6.40. The van der Waals surface area contributed by atoms with Gasteiger partial charge < -0.3 is 10.1 Å². The van der Waals surface area contributed by atoms with Crippen molar-refractivity contribution in [1.82, 2.24) is 4.90 Å². The van der Waals surface area contributed by atoms with Crippen LogP contribution in [-0.4, -0.2) is 36.5 Å². The van der Waals surface area contributed by atoms with E-state index in [4.69, 9.17) is 4.74 Å². The number of carbonyl (C=O) groups is 1. The van der Waals surface area contributed by atoms with Gasteiger partial charge in [-0.1, -0.05) is 30.3 Å². The molecule has 4 heteroatoms. The minimum atomic E-state index is 0.0500. The number of likely N-dealkylation sites (tertiary alicyclic amines) is 1. The maximum absolute atomic E-state index is 12.3. The van der Waals surface area contributed by atoms with Crippen molar-refractivity contribution in [1.29, 1.82) is 0 Å². The van der Waals surface area contributed by atoms with Crippen molar-refractivity contribution in [2.75, 3.05) is 25.0 Å². The fourth-order valence-electron chi connectivity index (χ4n) is 3.59. The molecule has 0 atom stereocenters. The number of hydrogen-bond acceptors (Lipinski definition) is 3. The molecule has 1 N–H and O–H groups in total. The number of rotatable bonds is 7. The second-order valence-corrected chi connectivity index (χ2v) is 7.65. The van der Waals surface area contributed by atoms with Crippen LogP contribution in [0.4, 0.5) is 5.69 Å². The quantitative estimate of drug-likeness (QED) is 0.791. The van der Waals surface area contributed by atoms with Crippen molar-refractivity contribution in [3.05, 3.63) is 60.2 Å². The van der Waals surface area contributed by atoms with E-state index in [9.17, 15) is 4.79 Å². The fraction of sp³-hybridized carbons (Fsp3) is 0.435. The zero-order valence-corrected chi connectivity index (χ0v) is 16.4. The first kappa shape index (κ1) is 19.4. The Hall–Kier alpha value is -2.33. The van der Waals surface area contributed by atoms with E-state index in [1.54, 1.807) is 0 Å². The summed E-state index contributed by atoms with van der Waals surface area (Å²) >= 11 is 0. The Morgan fingerprint density at radius 3 is 2.37 bits per heavy atom. The molecular weight excluding hydrogens is 336 g/mol.